The minimum atomic E-state index is -3.55. The van der Waals surface area contributed by atoms with Gasteiger partial charge in [-0.2, -0.15) is 0 Å². The van der Waals surface area contributed by atoms with E-state index in [0.717, 1.165) is 24.8 Å². The van der Waals surface area contributed by atoms with Crippen molar-refractivity contribution in [3.63, 3.8) is 0 Å². The molecule has 0 aliphatic rings. The summed E-state index contributed by atoms with van der Waals surface area (Å²) in [6, 6.07) is 5.09. The Labute approximate surface area is 130 Å². The Bertz CT molecular complexity index is 546. The van der Waals surface area contributed by atoms with Gasteiger partial charge in [-0.1, -0.05) is 26.8 Å². The molecule has 0 atom stereocenters. The van der Waals surface area contributed by atoms with Gasteiger partial charge in [-0.05, 0) is 52.9 Å². The fourth-order valence-corrected chi connectivity index (χ4v) is 4.94. The zero-order valence-corrected chi connectivity index (χ0v) is 14.6. The van der Waals surface area contributed by atoms with Crippen LogP contribution in [0.2, 0.25) is 0 Å². The normalized spacial score (nSPS) is 12.7. The zero-order chi connectivity index (χ0) is 15.4. The third-order valence-electron chi connectivity index (χ3n) is 3.90. The second kappa shape index (κ2) is 7.02. The average Bonchev–Trinajstić information content (AvgIpc) is 2.44. The molecular weight excluding hydrogens is 340 g/mol. The molecule has 0 amide bonds. The number of nitrogens with one attached hydrogen (secondary N) is 1. The van der Waals surface area contributed by atoms with Crippen LogP contribution in [-0.2, 0) is 16.6 Å². The van der Waals surface area contributed by atoms with E-state index < -0.39 is 10.0 Å². The zero-order valence-electron chi connectivity index (χ0n) is 12.2. The van der Waals surface area contributed by atoms with Crippen molar-refractivity contribution >= 4 is 26.0 Å². The lowest BCUT2D eigenvalue weighted by Gasteiger charge is -2.31. The van der Waals surface area contributed by atoms with Gasteiger partial charge >= 0.3 is 0 Å². The van der Waals surface area contributed by atoms with Crippen LogP contribution in [-0.4, -0.2) is 14.0 Å². The van der Waals surface area contributed by atoms with Crippen molar-refractivity contribution in [2.24, 2.45) is 5.73 Å². The Morgan fingerprint density at radius 1 is 1.20 bits per heavy atom. The molecule has 1 aromatic rings. The fraction of sp³-hybridized carbons (Fsp3) is 0.571. The third-order valence-corrected chi connectivity index (χ3v) is 6.46. The Morgan fingerprint density at radius 3 is 2.15 bits per heavy atom. The lowest BCUT2D eigenvalue weighted by Crippen LogP contribution is -2.47. The van der Waals surface area contributed by atoms with Gasteiger partial charge in [-0.25, -0.2) is 13.1 Å². The van der Waals surface area contributed by atoms with Crippen LogP contribution >= 0.6 is 15.9 Å². The summed E-state index contributed by atoms with van der Waals surface area (Å²) >= 11 is 3.32. The first-order valence-electron chi connectivity index (χ1n) is 6.86. The molecule has 0 radical (unpaired) electrons. The Morgan fingerprint density at radius 2 is 1.75 bits per heavy atom. The minimum Gasteiger partial charge on any atom is -0.326 e. The summed E-state index contributed by atoms with van der Waals surface area (Å²) in [5.41, 5.74) is 6.07. The topological polar surface area (TPSA) is 72.2 Å². The molecule has 1 aromatic carbocycles. The van der Waals surface area contributed by atoms with Crippen LogP contribution in [0, 0.1) is 0 Å². The Kier molecular flexibility index (Phi) is 6.19. The molecule has 0 fully saturated rings. The lowest BCUT2D eigenvalue weighted by atomic mass is 9.91. The Hall–Kier alpha value is -0.430. The van der Waals surface area contributed by atoms with Gasteiger partial charge in [-0.3, -0.25) is 0 Å². The van der Waals surface area contributed by atoms with Crippen LogP contribution < -0.4 is 10.5 Å². The predicted molar refractivity (Wildman–Crippen MR) is 86.0 cm³/mol. The second-order valence-corrected chi connectivity index (χ2v) is 7.42. The van der Waals surface area contributed by atoms with Crippen molar-refractivity contribution in [1.82, 2.24) is 4.72 Å². The second-order valence-electron chi connectivity index (χ2n) is 4.92. The van der Waals surface area contributed by atoms with Crippen molar-refractivity contribution in [2.75, 3.05) is 0 Å². The van der Waals surface area contributed by atoms with Crippen LogP contribution in [0.4, 0.5) is 0 Å². The van der Waals surface area contributed by atoms with E-state index in [1.54, 1.807) is 18.2 Å². The van der Waals surface area contributed by atoms with Crippen molar-refractivity contribution < 1.29 is 8.42 Å². The molecule has 6 heteroatoms. The van der Waals surface area contributed by atoms with Crippen molar-refractivity contribution in [3.8, 4) is 0 Å². The number of halogens is 1. The highest BCUT2D eigenvalue weighted by Gasteiger charge is 2.31. The van der Waals surface area contributed by atoms with E-state index in [-0.39, 0.29) is 10.4 Å². The Balaban J connectivity index is 3.17. The lowest BCUT2D eigenvalue weighted by molar-refractivity contribution is 0.341. The number of hydrogen-bond acceptors (Lipinski definition) is 3. The van der Waals surface area contributed by atoms with E-state index in [2.05, 4.69) is 20.7 Å². The first-order chi connectivity index (χ1) is 9.34. The molecule has 0 aliphatic heterocycles. The molecular formula is C14H23BrN2O2S. The maximum absolute atomic E-state index is 12.6. The van der Waals surface area contributed by atoms with Crippen molar-refractivity contribution in [3.05, 3.63) is 28.2 Å². The van der Waals surface area contributed by atoms with E-state index in [4.69, 9.17) is 5.73 Å². The van der Waals surface area contributed by atoms with Gasteiger partial charge in [0.1, 0.15) is 0 Å². The standard InChI is InChI=1S/C14H23BrN2O2S/c1-4-14(5-2,6-3)17-20(18,19)13-8-7-11(10-16)9-12(13)15/h7-9,17H,4-6,10,16H2,1-3H3. The quantitative estimate of drug-likeness (QED) is 0.782. The highest BCUT2D eigenvalue weighted by molar-refractivity contribution is 9.10. The summed E-state index contributed by atoms with van der Waals surface area (Å²) in [5.74, 6) is 0. The maximum Gasteiger partial charge on any atom is 0.242 e. The molecule has 0 unspecified atom stereocenters. The van der Waals surface area contributed by atoms with Gasteiger partial charge in [0.25, 0.3) is 0 Å². The molecule has 114 valence electrons. The molecule has 1 rings (SSSR count). The predicted octanol–water partition coefficient (Wildman–Crippen LogP) is 3.15. The van der Waals surface area contributed by atoms with Gasteiger partial charge < -0.3 is 5.73 Å². The number of sulfonamides is 1. The molecule has 20 heavy (non-hydrogen) atoms. The van der Waals surface area contributed by atoms with Gasteiger partial charge in [0.15, 0.2) is 0 Å². The number of rotatable bonds is 7. The summed E-state index contributed by atoms with van der Waals surface area (Å²) in [7, 11) is -3.55. The van der Waals surface area contributed by atoms with Gasteiger partial charge in [0, 0.05) is 16.6 Å². The van der Waals surface area contributed by atoms with E-state index in [1.165, 1.54) is 0 Å². The van der Waals surface area contributed by atoms with E-state index in [1.807, 2.05) is 20.8 Å². The molecule has 0 aliphatic carbocycles. The smallest absolute Gasteiger partial charge is 0.242 e. The van der Waals surface area contributed by atoms with E-state index in [0.29, 0.717) is 11.0 Å². The van der Waals surface area contributed by atoms with Crippen molar-refractivity contribution in [2.45, 2.75) is 57.0 Å². The molecule has 3 N–H and O–H groups in total. The molecule has 0 spiro atoms. The number of hydrogen-bond donors (Lipinski definition) is 2. The van der Waals surface area contributed by atoms with Crippen LogP contribution in [0.5, 0.6) is 0 Å². The van der Waals surface area contributed by atoms with Crippen LogP contribution in [0.15, 0.2) is 27.6 Å². The highest BCUT2D eigenvalue weighted by atomic mass is 79.9. The van der Waals surface area contributed by atoms with E-state index >= 15 is 0 Å². The molecule has 0 bridgehead atoms. The highest BCUT2D eigenvalue weighted by Crippen LogP contribution is 2.27. The van der Waals surface area contributed by atoms with Gasteiger partial charge in [0.2, 0.25) is 10.0 Å². The number of nitrogens with two attached hydrogens (primary N) is 1. The van der Waals surface area contributed by atoms with E-state index in [9.17, 15) is 8.42 Å². The summed E-state index contributed by atoms with van der Waals surface area (Å²) in [5, 5.41) is 0. The molecule has 0 saturated heterocycles. The van der Waals surface area contributed by atoms with Crippen LogP contribution in [0.3, 0.4) is 0 Å². The summed E-state index contributed by atoms with van der Waals surface area (Å²) in [4.78, 5) is 0.259. The summed E-state index contributed by atoms with van der Waals surface area (Å²) in [6.07, 6.45) is 2.28. The molecule has 0 aromatic heterocycles. The largest absolute Gasteiger partial charge is 0.326 e. The first-order valence-corrected chi connectivity index (χ1v) is 9.14. The minimum absolute atomic E-state index is 0.259. The molecule has 0 heterocycles. The maximum atomic E-state index is 12.6. The van der Waals surface area contributed by atoms with Crippen LogP contribution in [0.25, 0.3) is 0 Å². The fourth-order valence-electron chi connectivity index (χ4n) is 2.20. The van der Waals surface area contributed by atoms with Gasteiger partial charge in [0.05, 0.1) is 4.90 Å². The SMILES string of the molecule is CCC(CC)(CC)NS(=O)(=O)c1ccc(CN)cc1Br. The molecule has 0 saturated carbocycles. The van der Waals surface area contributed by atoms with Gasteiger partial charge in [-0.15, -0.1) is 0 Å². The van der Waals surface area contributed by atoms with Crippen LogP contribution in [0.1, 0.15) is 45.6 Å². The third kappa shape index (κ3) is 3.81. The summed E-state index contributed by atoms with van der Waals surface area (Å²) in [6.45, 7) is 6.39. The monoisotopic (exact) mass is 362 g/mol. The first kappa shape index (κ1) is 17.6. The average molecular weight is 363 g/mol. The summed E-state index contributed by atoms with van der Waals surface area (Å²) < 4.78 is 28.6. The van der Waals surface area contributed by atoms with Crippen molar-refractivity contribution in [1.29, 1.82) is 0 Å². The molecule has 4 nitrogen and oxygen atoms in total. The number of benzene rings is 1.